The molecule has 0 bridgehead atoms. The van der Waals surface area contributed by atoms with Crippen LogP contribution in [0.2, 0.25) is 0 Å². The summed E-state index contributed by atoms with van der Waals surface area (Å²) in [6.45, 7) is 2.13. The minimum absolute atomic E-state index is 0.0350. The highest BCUT2D eigenvalue weighted by Crippen LogP contribution is 2.09. The van der Waals surface area contributed by atoms with Gasteiger partial charge in [0, 0.05) is 37.6 Å². The summed E-state index contributed by atoms with van der Waals surface area (Å²) in [6.07, 6.45) is 0.120. The molecule has 2 aromatic carbocycles. The quantitative estimate of drug-likeness (QED) is 0.551. The van der Waals surface area contributed by atoms with Crippen LogP contribution in [0.5, 0.6) is 0 Å². The molecule has 0 saturated carbocycles. The van der Waals surface area contributed by atoms with E-state index in [0.717, 1.165) is 17.7 Å². The summed E-state index contributed by atoms with van der Waals surface area (Å²) >= 11 is 0. The molecule has 2 aromatic rings. The second-order valence-corrected chi connectivity index (χ2v) is 6.02. The van der Waals surface area contributed by atoms with Gasteiger partial charge in [-0.25, -0.2) is 8.78 Å². The Bertz CT molecular complexity index is 836. The Labute approximate surface area is 155 Å². The second kappa shape index (κ2) is 9.56. The van der Waals surface area contributed by atoms with E-state index in [4.69, 9.17) is 0 Å². The Morgan fingerprint density at radius 1 is 0.889 bits per heavy atom. The number of hydrogen-bond acceptors (Lipinski definition) is 3. The van der Waals surface area contributed by atoms with Crippen LogP contribution in [0.25, 0.3) is 0 Å². The lowest BCUT2D eigenvalue weighted by Crippen LogP contribution is -2.35. The van der Waals surface area contributed by atoms with Crippen molar-refractivity contribution in [2.24, 2.45) is 0 Å². The summed E-state index contributed by atoms with van der Waals surface area (Å²) in [6, 6.07) is 9.78. The highest BCUT2D eigenvalue weighted by Gasteiger charge is 2.12. The molecule has 0 radical (unpaired) electrons. The van der Waals surface area contributed by atoms with Gasteiger partial charge >= 0.3 is 0 Å². The molecular formula is C20H20F2N2O3. The molecule has 7 heteroatoms. The molecule has 0 atom stereocenters. The van der Waals surface area contributed by atoms with E-state index < -0.39 is 17.5 Å². The van der Waals surface area contributed by atoms with E-state index in [1.165, 1.54) is 0 Å². The molecule has 0 aliphatic rings. The number of hydrogen-bond donors (Lipinski definition) is 2. The van der Waals surface area contributed by atoms with Gasteiger partial charge in [0.25, 0.3) is 5.91 Å². The fourth-order valence-corrected chi connectivity index (χ4v) is 2.35. The van der Waals surface area contributed by atoms with E-state index in [-0.39, 0.29) is 43.2 Å². The molecule has 0 aromatic heterocycles. The number of carbonyl (C=O) groups is 3. The largest absolute Gasteiger partial charge is 0.354 e. The fraction of sp³-hybridized carbons (Fsp3) is 0.250. The summed E-state index contributed by atoms with van der Waals surface area (Å²) in [5.41, 5.74) is 1.33. The number of nitrogens with one attached hydrogen (secondary N) is 2. The average Bonchev–Trinajstić information content (AvgIpc) is 2.63. The van der Waals surface area contributed by atoms with Crippen LogP contribution >= 0.6 is 0 Å². The van der Waals surface area contributed by atoms with Crippen LogP contribution in [0.4, 0.5) is 8.78 Å². The normalized spacial score (nSPS) is 10.3. The molecule has 2 amide bonds. The van der Waals surface area contributed by atoms with Gasteiger partial charge in [-0.3, -0.25) is 14.4 Å². The highest BCUT2D eigenvalue weighted by molar-refractivity contribution is 5.98. The van der Waals surface area contributed by atoms with Crippen molar-refractivity contribution in [3.05, 3.63) is 70.8 Å². The van der Waals surface area contributed by atoms with Crippen molar-refractivity contribution in [2.75, 3.05) is 13.1 Å². The van der Waals surface area contributed by atoms with Gasteiger partial charge in [-0.15, -0.1) is 0 Å². The number of benzene rings is 2. The van der Waals surface area contributed by atoms with Gasteiger partial charge in [0.2, 0.25) is 5.91 Å². The first-order chi connectivity index (χ1) is 12.9. The van der Waals surface area contributed by atoms with Crippen molar-refractivity contribution in [1.82, 2.24) is 10.6 Å². The minimum Gasteiger partial charge on any atom is -0.354 e. The first kappa shape index (κ1) is 20.2. The van der Waals surface area contributed by atoms with Crippen LogP contribution in [-0.2, 0) is 4.79 Å². The van der Waals surface area contributed by atoms with E-state index in [1.54, 1.807) is 12.1 Å². The van der Waals surface area contributed by atoms with Gasteiger partial charge in [0.05, 0.1) is 5.56 Å². The minimum atomic E-state index is -0.953. The van der Waals surface area contributed by atoms with Gasteiger partial charge < -0.3 is 10.6 Å². The lowest BCUT2D eigenvalue weighted by atomic mass is 10.1. The van der Waals surface area contributed by atoms with Crippen LogP contribution in [0.1, 0.15) is 39.1 Å². The van der Waals surface area contributed by atoms with Gasteiger partial charge in [-0.1, -0.05) is 29.8 Å². The van der Waals surface area contributed by atoms with E-state index in [0.29, 0.717) is 11.6 Å². The predicted molar refractivity (Wildman–Crippen MR) is 96.4 cm³/mol. The lowest BCUT2D eigenvalue weighted by Gasteiger charge is -2.08. The zero-order valence-electron chi connectivity index (χ0n) is 14.9. The SMILES string of the molecule is Cc1ccc(C(=O)CCC(=O)NCCNC(=O)c2ccc(F)cc2F)cc1. The Balaban J connectivity index is 1.67. The van der Waals surface area contributed by atoms with Crippen LogP contribution in [0, 0.1) is 18.6 Å². The van der Waals surface area contributed by atoms with E-state index in [9.17, 15) is 23.2 Å². The maximum atomic E-state index is 13.5. The molecule has 0 aliphatic heterocycles. The summed E-state index contributed by atoms with van der Waals surface area (Å²) < 4.78 is 26.3. The Kier molecular flexibility index (Phi) is 7.16. The Hall–Kier alpha value is -3.09. The monoisotopic (exact) mass is 374 g/mol. The average molecular weight is 374 g/mol. The predicted octanol–water partition coefficient (Wildman–Crippen LogP) is 2.78. The molecule has 142 valence electrons. The standard InChI is InChI=1S/C20H20F2N2O3/c1-13-2-4-14(5-3-13)18(25)8-9-19(26)23-10-11-24-20(27)16-7-6-15(21)12-17(16)22/h2-7,12H,8-11H2,1H3,(H,23,26)(H,24,27). The number of ketones is 1. The zero-order valence-corrected chi connectivity index (χ0v) is 14.9. The van der Waals surface area contributed by atoms with Gasteiger partial charge in [-0.05, 0) is 19.1 Å². The number of rotatable bonds is 8. The molecule has 0 aliphatic carbocycles. The van der Waals surface area contributed by atoms with Gasteiger partial charge in [0.15, 0.2) is 5.78 Å². The molecule has 2 rings (SSSR count). The lowest BCUT2D eigenvalue weighted by molar-refractivity contribution is -0.121. The van der Waals surface area contributed by atoms with E-state index >= 15 is 0 Å². The van der Waals surface area contributed by atoms with Crippen LogP contribution < -0.4 is 10.6 Å². The molecule has 27 heavy (non-hydrogen) atoms. The van der Waals surface area contributed by atoms with Crippen molar-refractivity contribution in [1.29, 1.82) is 0 Å². The van der Waals surface area contributed by atoms with Crippen molar-refractivity contribution < 1.29 is 23.2 Å². The smallest absolute Gasteiger partial charge is 0.254 e. The van der Waals surface area contributed by atoms with E-state index in [1.807, 2.05) is 19.1 Å². The van der Waals surface area contributed by atoms with Crippen LogP contribution in [-0.4, -0.2) is 30.7 Å². The highest BCUT2D eigenvalue weighted by atomic mass is 19.1. The number of amides is 2. The summed E-state index contributed by atoms with van der Waals surface area (Å²) in [7, 11) is 0. The second-order valence-electron chi connectivity index (χ2n) is 6.02. The summed E-state index contributed by atoms with van der Waals surface area (Å²) in [4.78, 5) is 35.5. The van der Waals surface area contributed by atoms with Crippen LogP contribution in [0.3, 0.4) is 0 Å². The topological polar surface area (TPSA) is 75.3 Å². The molecule has 0 spiro atoms. The molecular weight excluding hydrogens is 354 g/mol. The number of Topliss-reactive ketones (excluding diaryl/α,β-unsaturated/α-hetero) is 1. The maximum Gasteiger partial charge on any atom is 0.254 e. The first-order valence-electron chi connectivity index (χ1n) is 8.46. The first-order valence-corrected chi connectivity index (χ1v) is 8.46. The third-order valence-electron chi connectivity index (χ3n) is 3.86. The van der Waals surface area contributed by atoms with Gasteiger partial charge in [-0.2, -0.15) is 0 Å². The Morgan fingerprint density at radius 2 is 1.56 bits per heavy atom. The van der Waals surface area contributed by atoms with Crippen molar-refractivity contribution in [3.8, 4) is 0 Å². The molecule has 0 heterocycles. The fourth-order valence-electron chi connectivity index (χ4n) is 2.35. The zero-order chi connectivity index (χ0) is 19.8. The van der Waals surface area contributed by atoms with Crippen LogP contribution in [0.15, 0.2) is 42.5 Å². The molecule has 5 nitrogen and oxygen atoms in total. The third kappa shape index (κ3) is 6.29. The molecule has 2 N–H and O–H groups in total. The molecule has 0 unspecified atom stereocenters. The number of halogens is 2. The number of aryl methyl sites for hydroxylation is 1. The maximum absolute atomic E-state index is 13.5. The molecule has 0 fully saturated rings. The Morgan fingerprint density at radius 3 is 2.22 bits per heavy atom. The van der Waals surface area contributed by atoms with Gasteiger partial charge in [0.1, 0.15) is 11.6 Å². The van der Waals surface area contributed by atoms with Crippen molar-refractivity contribution >= 4 is 17.6 Å². The summed E-state index contributed by atoms with van der Waals surface area (Å²) in [5.74, 6) is -2.86. The number of carbonyl (C=O) groups excluding carboxylic acids is 3. The van der Waals surface area contributed by atoms with Crippen molar-refractivity contribution in [3.63, 3.8) is 0 Å². The molecule has 0 saturated heterocycles. The third-order valence-corrected chi connectivity index (χ3v) is 3.86. The van der Waals surface area contributed by atoms with E-state index in [2.05, 4.69) is 10.6 Å². The van der Waals surface area contributed by atoms with Crippen molar-refractivity contribution in [2.45, 2.75) is 19.8 Å². The summed E-state index contributed by atoms with van der Waals surface area (Å²) in [5, 5.41) is 5.00.